The van der Waals surface area contributed by atoms with Crippen molar-refractivity contribution in [1.82, 2.24) is 24.9 Å². The highest BCUT2D eigenvalue weighted by Gasteiger charge is 2.25. The molecule has 27 heavy (non-hydrogen) atoms. The van der Waals surface area contributed by atoms with Crippen LogP contribution in [0.15, 0.2) is 36.7 Å². The molecule has 7 heteroatoms. The van der Waals surface area contributed by atoms with Crippen LogP contribution < -0.4 is 10.1 Å². The summed E-state index contributed by atoms with van der Waals surface area (Å²) in [6.45, 7) is 1.92. The predicted octanol–water partition coefficient (Wildman–Crippen LogP) is 3.17. The van der Waals surface area contributed by atoms with Gasteiger partial charge < -0.3 is 10.1 Å². The molecule has 1 aliphatic carbocycles. The summed E-state index contributed by atoms with van der Waals surface area (Å²) < 4.78 is 6.83. The fraction of sp³-hybridized carbons (Fsp3) is 0.400. The van der Waals surface area contributed by atoms with Gasteiger partial charge in [-0.3, -0.25) is 4.79 Å². The van der Waals surface area contributed by atoms with Gasteiger partial charge in [-0.2, -0.15) is 0 Å². The third kappa shape index (κ3) is 3.63. The fourth-order valence-electron chi connectivity index (χ4n) is 3.50. The number of methoxy groups -OCH3 is 1. The molecule has 2 aromatic heterocycles. The molecule has 0 bridgehead atoms. The fourth-order valence-corrected chi connectivity index (χ4v) is 3.50. The zero-order chi connectivity index (χ0) is 18.8. The molecule has 0 spiro atoms. The second kappa shape index (κ2) is 7.34. The van der Waals surface area contributed by atoms with Crippen molar-refractivity contribution in [3.63, 3.8) is 0 Å². The van der Waals surface area contributed by atoms with Gasteiger partial charge >= 0.3 is 0 Å². The zero-order valence-electron chi connectivity index (χ0n) is 15.6. The molecule has 1 aromatic carbocycles. The van der Waals surface area contributed by atoms with Crippen molar-refractivity contribution in [2.24, 2.45) is 5.92 Å². The number of carbonyl (C=O) groups is 1. The number of aromatic nitrogens is 4. The van der Waals surface area contributed by atoms with Crippen LogP contribution in [0.5, 0.6) is 5.75 Å². The lowest BCUT2D eigenvalue weighted by Crippen LogP contribution is -2.32. The van der Waals surface area contributed by atoms with Crippen LogP contribution in [-0.2, 0) is 4.79 Å². The largest absolute Gasteiger partial charge is 0.497 e. The highest BCUT2D eigenvalue weighted by Crippen LogP contribution is 2.26. The van der Waals surface area contributed by atoms with Gasteiger partial charge in [-0.15, -0.1) is 5.10 Å². The van der Waals surface area contributed by atoms with E-state index >= 15 is 0 Å². The summed E-state index contributed by atoms with van der Waals surface area (Å²) in [5.74, 6) is 1.63. The first-order valence-corrected chi connectivity index (χ1v) is 9.31. The van der Waals surface area contributed by atoms with Crippen LogP contribution in [0.25, 0.3) is 16.9 Å². The van der Waals surface area contributed by atoms with Gasteiger partial charge in [0.2, 0.25) is 5.91 Å². The molecule has 1 fully saturated rings. The van der Waals surface area contributed by atoms with E-state index in [-0.39, 0.29) is 17.9 Å². The van der Waals surface area contributed by atoms with Gasteiger partial charge in [-0.1, -0.05) is 12.8 Å². The summed E-state index contributed by atoms with van der Waals surface area (Å²) in [5, 5.41) is 7.51. The van der Waals surface area contributed by atoms with Crippen molar-refractivity contribution in [2.75, 3.05) is 7.11 Å². The predicted molar refractivity (Wildman–Crippen MR) is 101 cm³/mol. The van der Waals surface area contributed by atoms with Crippen LogP contribution >= 0.6 is 0 Å². The highest BCUT2D eigenvalue weighted by atomic mass is 16.5. The summed E-state index contributed by atoms with van der Waals surface area (Å²) in [6.07, 6.45) is 5.88. The first-order chi connectivity index (χ1) is 13.1. The van der Waals surface area contributed by atoms with Gasteiger partial charge in [0.1, 0.15) is 12.1 Å². The minimum absolute atomic E-state index is 0.107. The Kier molecular flexibility index (Phi) is 4.75. The summed E-state index contributed by atoms with van der Waals surface area (Å²) >= 11 is 0. The van der Waals surface area contributed by atoms with Crippen molar-refractivity contribution in [2.45, 2.75) is 38.6 Å². The molecule has 0 saturated heterocycles. The first-order valence-electron chi connectivity index (χ1n) is 9.31. The smallest absolute Gasteiger partial charge is 0.223 e. The quantitative estimate of drug-likeness (QED) is 0.751. The maximum atomic E-state index is 12.3. The van der Waals surface area contributed by atoms with Crippen molar-refractivity contribution >= 4 is 11.6 Å². The molecular formula is C20H23N5O2. The van der Waals surface area contributed by atoms with E-state index in [4.69, 9.17) is 4.74 Å². The van der Waals surface area contributed by atoms with E-state index in [9.17, 15) is 4.79 Å². The van der Waals surface area contributed by atoms with Crippen LogP contribution in [0, 0.1) is 5.92 Å². The minimum atomic E-state index is -0.234. The molecule has 1 atom stereocenters. The van der Waals surface area contributed by atoms with E-state index in [1.54, 1.807) is 18.0 Å². The summed E-state index contributed by atoms with van der Waals surface area (Å²) in [7, 11) is 1.64. The molecule has 4 rings (SSSR count). The number of hydrogen-bond acceptors (Lipinski definition) is 5. The van der Waals surface area contributed by atoms with Crippen molar-refractivity contribution in [1.29, 1.82) is 0 Å². The highest BCUT2D eigenvalue weighted by molar-refractivity contribution is 5.79. The van der Waals surface area contributed by atoms with Gasteiger partial charge in [-0.05, 0) is 44.0 Å². The second-order valence-electron chi connectivity index (χ2n) is 6.99. The topological polar surface area (TPSA) is 81.4 Å². The Balaban J connectivity index is 1.53. The van der Waals surface area contributed by atoms with E-state index in [0.717, 1.165) is 42.7 Å². The molecule has 0 radical (unpaired) electrons. The number of ether oxygens (including phenoxy) is 1. The Hall–Kier alpha value is -2.96. The van der Waals surface area contributed by atoms with Crippen LogP contribution in [-0.4, -0.2) is 32.6 Å². The third-order valence-corrected chi connectivity index (χ3v) is 5.10. The van der Waals surface area contributed by atoms with E-state index in [2.05, 4.69) is 20.4 Å². The van der Waals surface area contributed by atoms with Crippen LogP contribution in [0.3, 0.4) is 0 Å². The average molecular weight is 365 g/mol. The Bertz CT molecular complexity index is 945. The monoisotopic (exact) mass is 365 g/mol. The molecule has 1 N–H and O–H groups in total. The molecule has 2 heterocycles. The van der Waals surface area contributed by atoms with Crippen LogP contribution in [0.2, 0.25) is 0 Å². The number of amides is 1. The lowest BCUT2D eigenvalue weighted by molar-refractivity contribution is -0.125. The molecule has 1 amide bonds. The van der Waals surface area contributed by atoms with Crippen molar-refractivity contribution in [3.8, 4) is 17.0 Å². The molecule has 0 aliphatic heterocycles. The molecular weight excluding hydrogens is 342 g/mol. The van der Waals surface area contributed by atoms with Crippen LogP contribution in [0.1, 0.15) is 44.5 Å². The third-order valence-electron chi connectivity index (χ3n) is 5.10. The molecule has 7 nitrogen and oxygen atoms in total. The van der Waals surface area contributed by atoms with Gasteiger partial charge in [0, 0.05) is 17.5 Å². The van der Waals surface area contributed by atoms with Crippen molar-refractivity contribution in [3.05, 3.63) is 42.5 Å². The average Bonchev–Trinajstić information content (AvgIpc) is 3.37. The van der Waals surface area contributed by atoms with Crippen LogP contribution in [0.4, 0.5) is 0 Å². The Morgan fingerprint density at radius 3 is 2.70 bits per heavy atom. The molecule has 1 aliphatic rings. The Morgan fingerprint density at radius 2 is 2.00 bits per heavy atom. The number of hydrogen-bond donors (Lipinski definition) is 1. The SMILES string of the molecule is COc1ccc(-c2cc3nc([C@@H](C)NC(=O)C4CCCC4)nn3cn2)cc1. The first kappa shape index (κ1) is 17.5. The summed E-state index contributed by atoms with van der Waals surface area (Å²) in [6, 6.07) is 9.37. The number of benzene rings is 1. The summed E-state index contributed by atoms with van der Waals surface area (Å²) in [5.41, 5.74) is 2.49. The standard InChI is InChI=1S/C20H23N5O2/c1-13(22-20(26)15-5-3-4-6-15)19-23-18-11-17(21-12-25(18)24-19)14-7-9-16(27-2)10-8-14/h7-13,15H,3-6H2,1-2H3,(H,22,26)/t13-/m1/s1. The maximum absolute atomic E-state index is 12.3. The minimum Gasteiger partial charge on any atom is -0.497 e. The number of nitrogens with zero attached hydrogens (tertiary/aromatic N) is 4. The normalized spacial score (nSPS) is 15.8. The van der Waals surface area contributed by atoms with E-state index in [1.807, 2.05) is 37.3 Å². The second-order valence-corrected chi connectivity index (χ2v) is 6.99. The molecule has 140 valence electrons. The molecule has 0 unspecified atom stereocenters. The van der Waals surface area contributed by atoms with Gasteiger partial charge in [0.05, 0.1) is 18.8 Å². The number of fused-ring (bicyclic) bond motifs is 1. The Labute approximate surface area is 157 Å². The lowest BCUT2D eigenvalue weighted by atomic mass is 10.1. The number of carbonyl (C=O) groups excluding carboxylic acids is 1. The molecule has 1 saturated carbocycles. The number of rotatable bonds is 5. The van der Waals surface area contributed by atoms with Crippen molar-refractivity contribution < 1.29 is 9.53 Å². The summed E-state index contributed by atoms with van der Waals surface area (Å²) in [4.78, 5) is 21.4. The van der Waals surface area contributed by atoms with E-state index < -0.39 is 0 Å². The van der Waals surface area contributed by atoms with Gasteiger partial charge in [0.15, 0.2) is 11.5 Å². The van der Waals surface area contributed by atoms with E-state index in [1.165, 1.54) is 0 Å². The molecule has 3 aromatic rings. The Morgan fingerprint density at radius 1 is 1.26 bits per heavy atom. The maximum Gasteiger partial charge on any atom is 0.223 e. The number of nitrogens with one attached hydrogen (secondary N) is 1. The van der Waals surface area contributed by atoms with E-state index in [0.29, 0.717) is 11.5 Å². The zero-order valence-corrected chi connectivity index (χ0v) is 15.6. The van der Waals surface area contributed by atoms with Gasteiger partial charge in [0.25, 0.3) is 0 Å². The van der Waals surface area contributed by atoms with Gasteiger partial charge in [-0.25, -0.2) is 14.5 Å². The lowest BCUT2D eigenvalue weighted by Gasteiger charge is -2.14.